The Balaban J connectivity index is 1.67. The highest BCUT2D eigenvalue weighted by atomic mass is 32.2. The molecule has 1 aromatic heterocycles. The van der Waals surface area contributed by atoms with E-state index in [2.05, 4.69) is 25.3 Å². The first-order chi connectivity index (χ1) is 18.3. The van der Waals surface area contributed by atoms with Crippen molar-refractivity contribution in [1.82, 2.24) is 20.0 Å². The number of nitrogens with two attached hydrogens (primary N) is 1. The first kappa shape index (κ1) is 29.0. The van der Waals surface area contributed by atoms with Gasteiger partial charge in [-0.3, -0.25) is 4.79 Å². The Morgan fingerprint density at radius 3 is 2.28 bits per heavy atom. The lowest BCUT2D eigenvalue weighted by Crippen LogP contribution is -2.50. The average Bonchev–Trinajstić information content (AvgIpc) is 2.90. The quantitative estimate of drug-likeness (QED) is 0.207. The molecule has 0 aliphatic carbocycles. The number of rotatable bonds is 10. The van der Waals surface area contributed by atoms with Crippen LogP contribution in [0, 0.1) is 0 Å². The number of hydrogen-bond acceptors (Lipinski definition) is 10. The molecule has 12 nitrogen and oxygen atoms in total. The van der Waals surface area contributed by atoms with Crippen molar-refractivity contribution in [2.75, 3.05) is 17.6 Å². The molecule has 5 N–H and O–H groups in total. The molecule has 206 valence electrons. The molecule has 3 rings (SSSR count). The number of hydrogen-bond donors (Lipinski definition) is 4. The zero-order valence-electron chi connectivity index (χ0n) is 19.8. The summed E-state index contributed by atoms with van der Waals surface area (Å²) in [6.45, 7) is -0.506. The normalized spacial score (nSPS) is 12.3. The maximum atomic E-state index is 12.6. The first-order valence-electron chi connectivity index (χ1n) is 10.9. The molecule has 3 aromatic rings. The summed E-state index contributed by atoms with van der Waals surface area (Å²) < 4.78 is 68.5. The minimum atomic E-state index is -5.50. The highest BCUT2D eigenvalue weighted by Gasteiger charge is 2.44. The summed E-state index contributed by atoms with van der Waals surface area (Å²) in [5.41, 5.74) is 6.35. The smallest absolute Gasteiger partial charge is 0.385 e. The van der Waals surface area contributed by atoms with Gasteiger partial charge in [-0.25, -0.2) is 23.0 Å². The Kier molecular flexibility index (Phi) is 9.16. The molecule has 0 aliphatic rings. The van der Waals surface area contributed by atoms with Crippen LogP contribution < -0.4 is 21.1 Å². The monoisotopic (exact) mass is 566 g/mol. The van der Waals surface area contributed by atoms with E-state index in [0.29, 0.717) is 12.4 Å². The molecular formula is C23H21F3N6O6S. The minimum absolute atomic E-state index is 0.0861. The summed E-state index contributed by atoms with van der Waals surface area (Å²) in [5.74, 6) is -4.91. The third kappa shape index (κ3) is 8.47. The molecule has 0 radical (unpaired) electrons. The molecule has 1 atom stereocenters. The Morgan fingerprint density at radius 1 is 1.00 bits per heavy atom. The molecule has 1 amide bonds. The summed E-state index contributed by atoms with van der Waals surface area (Å²) in [4.78, 5) is 43.4. The number of amides is 1. The van der Waals surface area contributed by atoms with Crippen molar-refractivity contribution in [2.24, 2.45) is 0 Å². The number of ether oxygens (including phenoxy) is 1. The number of carbonyl (C=O) groups excluding carboxylic acids is 3. The van der Waals surface area contributed by atoms with E-state index in [-0.39, 0.29) is 16.4 Å². The van der Waals surface area contributed by atoms with Crippen molar-refractivity contribution in [3.05, 3.63) is 78.0 Å². The van der Waals surface area contributed by atoms with Gasteiger partial charge in [0, 0.05) is 24.8 Å². The summed E-state index contributed by atoms with van der Waals surface area (Å²) in [7, 11) is -4.44. The zero-order valence-corrected chi connectivity index (χ0v) is 20.6. The molecule has 1 heterocycles. The van der Waals surface area contributed by atoms with Crippen LogP contribution in [0.25, 0.3) is 0 Å². The van der Waals surface area contributed by atoms with Gasteiger partial charge in [-0.1, -0.05) is 30.3 Å². The van der Waals surface area contributed by atoms with Gasteiger partial charge < -0.3 is 21.1 Å². The zero-order chi connectivity index (χ0) is 28.6. The standard InChI is InChI=1S/C23H21F3N6O6S/c24-23(25,26)21(35)38-20(34)17(32-39(36,37)16-4-2-1-3-5-16)13-30-19(33)15-8-6-14(7-9-15)12-29-18-10-11-28-22(27)31-18/h1-11,17,32H,12-13H2,(H,30,33)(H3,27,28,29,31)/t17-/m0/s1. The van der Waals surface area contributed by atoms with Crippen molar-refractivity contribution in [2.45, 2.75) is 23.7 Å². The van der Waals surface area contributed by atoms with E-state index in [1.165, 1.54) is 48.7 Å². The number of anilines is 2. The molecule has 0 spiro atoms. The van der Waals surface area contributed by atoms with Gasteiger partial charge in [0.05, 0.1) is 4.90 Å². The Bertz CT molecular complexity index is 1440. The molecule has 0 bridgehead atoms. The number of nitrogens with one attached hydrogen (secondary N) is 3. The number of esters is 2. The van der Waals surface area contributed by atoms with Gasteiger partial charge in [0.2, 0.25) is 16.0 Å². The Hall–Kier alpha value is -4.57. The summed E-state index contributed by atoms with van der Waals surface area (Å²) >= 11 is 0. The van der Waals surface area contributed by atoms with E-state index in [1.807, 2.05) is 4.72 Å². The van der Waals surface area contributed by atoms with E-state index in [4.69, 9.17) is 5.73 Å². The van der Waals surface area contributed by atoms with Gasteiger partial charge in [-0.05, 0) is 35.9 Å². The van der Waals surface area contributed by atoms with Gasteiger partial charge >= 0.3 is 18.1 Å². The van der Waals surface area contributed by atoms with Crippen molar-refractivity contribution >= 4 is 39.6 Å². The fourth-order valence-corrected chi connectivity index (χ4v) is 4.19. The molecule has 0 unspecified atom stereocenters. The molecule has 0 saturated heterocycles. The molecule has 16 heteroatoms. The number of sulfonamides is 1. The maximum Gasteiger partial charge on any atom is 0.491 e. The number of carbonyl (C=O) groups is 3. The number of nitrogens with zero attached hydrogens (tertiary/aromatic N) is 2. The molecule has 2 aromatic carbocycles. The van der Waals surface area contributed by atoms with E-state index >= 15 is 0 Å². The molecule has 39 heavy (non-hydrogen) atoms. The molecule has 0 aliphatic heterocycles. The number of halogens is 3. The SMILES string of the molecule is Nc1nccc(NCc2ccc(C(=O)NC[C@H](NS(=O)(=O)c3ccccc3)C(=O)OC(=O)C(F)(F)F)cc2)n1. The van der Waals surface area contributed by atoms with Crippen LogP contribution in [-0.4, -0.2) is 55.0 Å². The van der Waals surface area contributed by atoms with Crippen molar-refractivity contribution < 1.29 is 40.7 Å². The lowest BCUT2D eigenvalue weighted by Gasteiger charge is -2.18. The topological polar surface area (TPSA) is 182 Å². The maximum absolute atomic E-state index is 12.6. The van der Waals surface area contributed by atoms with E-state index in [1.54, 1.807) is 18.2 Å². The van der Waals surface area contributed by atoms with Crippen molar-refractivity contribution in [3.63, 3.8) is 0 Å². The average molecular weight is 567 g/mol. The second-order valence-electron chi connectivity index (χ2n) is 7.75. The Labute approximate surface area is 219 Å². The van der Waals surface area contributed by atoms with Gasteiger partial charge in [0.1, 0.15) is 11.9 Å². The highest BCUT2D eigenvalue weighted by molar-refractivity contribution is 7.89. The van der Waals surface area contributed by atoms with Gasteiger partial charge in [0.15, 0.2) is 0 Å². The van der Waals surface area contributed by atoms with Crippen LogP contribution in [0.15, 0.2) is 71.8 Å². The summed E-state index contributed by atoms with van der Waals surface area (Å²) in [6.07, 6.45) is -4.03. The summed E-state index contributed by atoms with van der Waals surface area (Å²) in [5, 5.41) is 5.25. The van der Waals surface area contributed by atoms with Crippen LogP contribution in [0.3, 0.4) is 0 Å². The minimum Gasteiger partial charge on any atom is -0.385 e. The molecule has 0 saturated carbocycles. The van der Waals surface area contributed by atoms with Crippen molar-refractivity contribution in [1.29, 1.82) is 0 Å². The number of aromatic nitrogens is 2. The van der Waals surface area contributed by atoms with Gasteiger partial charge in [0.25, 0.3) is 5.91 Å². The largest absolute Gasteiger partial charge is 0.491 e. The van der Waals surface area contributed by atoms with Crippen LogP contribution in [0.2, 0.25) is 0 Å². The molecular weight excluding hydrogens is 545 g/mol. The molecule has 0 fully saturated rings. The third-order valence-corrected chi connectivity index (χ3v) is 6.38. The Morgan fingerprint density at radius 2 is 1.67 bits per heavy atom. The van der Waals surface area contributed by atoms with Gasteiger partial charge in [-0.2, -0.15) is 22.9 Å². The fourth-order valence-electron chi connectivity index (χ4n) is 2.98. The predicted octanol–water partition coefficient (Wildman–Crippen LogP) is 1.38. The van der Waals surface area contributed by atoms with Crippen molar-refractivity contribution in [3.8, 4) is 0 Å². The lowest BCUT2D eigenvalue weighted by molar-refractivity contribution is -0.202. The van der Waals surface area contributed by atoms with E-state index in [0.717, 1.165) is 5.56 Å². The van der Waals surface area contributed by atoms with Crippen LogP contribution in [-0.2, 0) is 30.9 Å². The predicted molar refractivity (Wildman–Crippen MR) is 130 cm³/mol. The summed E-state index contributed by atoms with van der Waals surface area (Å²) in [6, 6.07) is 12.2. The van der Waals surface area contributed by atoms with E-state index < -0.39 is 46.6 Å². The van der Waals surface area contributed by atoms with Crippen LogP contribution in [0.4, 0.5) is 24.9 Å². The van der Waals surface area contributed by atoms with E-state index in [9.17, 15) is 36.0 Å². The number of alkyl halides is 3. The number of nitrogen functional groups attached to an aromatic ring is 1. The second kappa shape index (κ2) is 12.3. The highest BCUT2D eigenvalue weighted by Crippen LogP contribution is 2.17. The van der Waals surface area contributed by atoms with Gasteiger partial charge in [-0.15, -0.1) is 0 Å². The second-order valence-corrected chi connectivity index (χ2v) is 9.47. The third-order valence-electron chi connectivity index (χ3n) is 4.89. The van der Waals surface area contributed by atoms with Crippen LogP contribution >= 0.6 is 0 Å². The first-order valence-corrected chi connectivity index (χ1v) is 12.4. The number of benzene rings is 2. The van der Waals surface area contributed by atoms with Crippen LogP contribution in [0.1, 0.15) is 15.9 Å². The fraction of sp³-hybridized carbons (Fsp3) is 0.174. The van der Waals surface area contributed by atoms with Crippen LogP contribution in [0.5, 0.6) is 0 Å². The lowest BCUT2D eigenvalue weighted by atomic mass is 10.1.